The van der Waals surface area contributed by atoms with E-state index in [2.05, 4.69) is 5.32 Å². The van der Waals surface area contributed by atoms with Crippen molar-refractivity contribution < 1.29 is 13.2 Å². The van der Waals surface area contributed by atoms with Crippen molar-refractivity contribution in [2.45, 2.75) is 19.5 Å². The molecule has 21 heavy (non-hydrogen) atoms. The molecule has 1 heterocycles. The fraction of sp³-hybridized carbons (Fsp3) is 0.500. The molecule has 0 radical (unpaired) electrons. The highest BCUT2D eigenvalue weighted by molar-refractivity contribution is 7.91. The first-order valence-electron chi connectivity index (χ1n) is 6.93. The summed E-state index contributed by atoms with van der Waals surface area (Å²) in [5, 5.41) is 2.82. The second kappa shape index (κ2) is 6.55. The standard InChI is InChI=1S/C14H21N3O3S/c1-11-10-21(19,20)6-5-17(11)9-14(18)16-13-4-2-3-12(7-13)8-15/h2-4,7,11H,5-6,8-10,15H2,1H3,(H,16,18). The van der Waals surface area contributed by atoms with Gasteiger partial charge in [0.2, 0.25) is 5.91 Å². The minimum absolute atomic E-state index is 0.114. The molecule has 6 nitrogen and oxygen atoms in total. The molecule has 1 aromatic carbocycles. The molecule has 1 atom stereocenters. The average Bonchev–Trinajstić information content (AvgIpc) is 2.41. The van der Waals surface area contributed by atoms with Crippen LogP contribution >= 0.6 is 0 Å². The number of hydrogen-bond acceptors (Lipinski definition) is 5. The van der Waals surface area contributed by atoms with E-state index in [1.54, 1.807) is 6.07 Å². The number of anilines is 1. The molecule has 0 spiro atoms. The Morgan fingerprint density at radius 2 is 2.24 bits per heavy atom. The van der Waals surface area contributed by atoms with Gasteiger partial charge in [0, 0.05) is 24.8 Å². The minimum Gasteiger partial charge on any atom is -0.326 e. The number of rotatable bonds is 4. The van der Waals surface area contributed by atoms with Gasteiger partial charge >= 0.3 is 0 Å². The third-order valence-electron chi connectivity index (χ3n) is 3.60. The molecular weight excluding hydrogens is 290 g/mol. The molecule has 0 aromatic heterocycles. The first kappa shape index (κ1) is 15.9. The van der Waals surface area contributed by atoms with Gasteiger partial charge in [-0.2, -0.15) is 0 Å². The molecule has 1 aromatic rings. The van der Waals surface area contributed by atoms with Gasteiger partial charge in [0.15, 0.2) is 9.84 Å². The van der Waals surface area contributed by atoms with Crippen LogP contribution in [0.3, 0.4) is 0 Å². The molecule has 0 saturated carbocycles. The Kier molecular flexibility index (Phi) is 4.97. The van der Waals surface area contributed by atoms with Crippen LogP contribution in [-0.2, 0) is 21.2 Å². The Morgan fingerprint density at radius 3 is 2.90 bits per heavy atom. The SMILES string of the molecule is CC1CS(=O)(=O)CCN1CC(=O)Nc1cccc(CN)c1. The molecule has 1 saturated heterocycles. The summed E-state index contributed by atoms with van der Waals surface area (Å²) in [4.78, 5) is 13.9. The molecule has 1 aliphatic rings. The highest BCUT2D eigenvalue weighted by atomic mass is 32.2. The lowest BCUT2D eigenvalue weighted by Gasteiger charge is -2.32. The van der Waals surface area contributed by atoms with E-state index in [4.69, 9.17) is 5.73 Å². The summed E-state index contributed by atoms with van der Waals surface area (Å²) in [7, 11) is -2.96. The normalized spacial score (nSPS) is 21.9. The smallest absolute Gasteiger partial charge is 0.238 e. The van der Waals surface area contributed by atoms with Crippen molar-refractivity contribution >= 4 is 21.4 Å². The number of sulfone groups is 1. The number of hydrogen-bond donors (Lipinski definition) is 2. The fourth-order valence-electron chi connectivity index (χ4n) is 2.43. The van der Waals surface area contributed by atoms with E-state index in [-0.39, 0.29) is 30.0 Å². The predicted molar refractivity (Wildman–Crippen MR) is 82.7 cm³/mol. The Morgan fingerprint density at radius 1 is 1.48 bits per heavy atom. The van der Waals surface area contributed by atoms with Crippen molar-refractivity contribution in [3.05, 3.63) is 29.8 Å². The van der Waals surface area contributed by atoms with Gasteiger partial charge in [0.1, 0.15) is 0 Å². The van der Waals surface area contributed by atoms with Crippen molar-refractivity contribution in [3.63, 3.8) is 0 Å². The third kappa shape index (κ3) is 4.52. The van der Waals surface area contributed by atoms with Crippen molar-refractivity contribution in [3.8, 4) is 0 Å². The summed E-state index contributed by atoms with van der Waals surface area (Å²) < 4.78 is 23.0. The van der Waals surface area contributed by atoms with Crippen LogP contribution in [0.1, 0.15) is 12.5 Å². The van der Waals surface area contributed by atoms with E-state index >= 15 is 0 Å². The van der Waals surface area contributed by atoms with Crippen molar-refractivity contribution in [2.24, 2.45) is 5.73 Å². The molecule has 0 aliphatic carbocycles. The third-order valence-corrected chi connectivity index (χ3v) is 5.40. The van der Waals surface area contributed by atoms with Gasteiger partial charge < -0.3 is 11.1 Å². The molecule has 2 rings (SSSR count). The average molecular weight is 311 g/mol. The molecule has 1 aliphatic heterocycles. The summed E-state index contributed by atoms with van der Waals surface area (Å²) >= 11 is 0. The first-order chi connectivity index (χ1) is 9.89. The number of nitrogens with zero attached hydrogens (tertiary/aromatic N) is 1. The second-order valence-corrected chi connectivity index (χ2v) is 7.62. The van der Waals surface area contributed by atoms with Gasteiger partial charge in [-0.25, -0.2) is 8.42 Å². The molecule has 1 fully saturated rings. The highest BCUT2D eigenvalue weighted by Crippen LogP contribution is 2.13. The summed E-state index contributed by atoms with van der Waals surface area (Å²) in [5.41, 5.74) is 7.22. The number of amides is 1. The maximum absolute atomic E-state index is 12.1. The minimum atomic E-state index is -2.96. The summed E-state index contributed by atoms with van der Waals surface area (Å²) in [6.07, 6.45) is 0. The zero-order valence-electron chi connectivity index (χ0n) is 12.1. The van der Waals surface area contributed by atoms with Crippen LogP contribution in [0.2, 0.25) is 0 Å². The van der Waals surface area contributed by atoms with Gasteiger partial charge in [0.25, 0.3) is 0 Å². The van der Waals surface area contributed by atoms with Crippen LogP contribution in [0.4, 0.5) is 5.69 Å². The van der Waals surface area contributed by atoms with E-state index in [0.29, 0.717) is 18.8 Å². The number of nitrogens with one attached hydrogen (secondary N) is 1. The highest BCUT2D eigenvalue weighted by Gasteiger charge is 2.29. The van der Waals surface area contributed by atoms with E-state index in [9.17, 15) is 13.2 Å². The Bertz CT molecular complexity index is 616. The van der Waals surface area contributed by atoms with Crippen LogP contribution in [-0.4, -0.2) is 49.9 Å². The van der Waals surface area contributed by atoms with Gasteiger partial charge in [-0.05, 0) is 24.6 Å². The molecule has 3 N–H and O–H groups in total. The van der Waals surface area contributed by atoms with Crippen LogP contribution < -0.4 is 11.1 Å². The quantitative estimate of drug-likeness (QED) is 0.829. The number of nitrogens with two attached hydrogens (primary N) is 1. The topological polar surface area (TPSA) is 92.5 Å². The lowest BCUT2D eigenvalue weighted by atomic mass is 10.2. The van der Waals surface area contributed by atoms with Crippen molar-refractivity contribution in [1.29, 1.82) is 0 Å². The summed E-state index contributed by atoms with van der Waals surface area (Å²) in [5.74, 6) is 0.0891. The van der Waals surface area contributed by atoms with Crippen LogP contribution in [0.15, 0.2) is 24.3 Å². The Labute approximate surface area is 125 Å². The maximum atomic E-state index is 12.1. The van der Waals surface area contributed by atoms with Crippen LogP contribution in [0.25, 0.3) is 0 Å². The predicted octanol–water partition coefficient (Wildman–Crippen LogP) is 0.203. The van der Waals surface area contributed by atoms with Crippen molar-refractivity contribution in [1.82, 2.24) is 4.90 Å². The number of benzene rings is 1. The fourth-order valence-corrected chi connectivity index (χ4v) is 4.05. The van der Waals surface area contributed by atoms with E-state index in [1.165, 1.54) is 0 Å². The molecule has 116 valence electrons. The Hall–Kier alpha value is -1.44. The summed E-state index contributed by atoms with van der Waals surface area (Å²) in [6, 6.07) is 7.24. The van der Waals surface area contributed by atoms with Gasteiger partial charge in [-0.1, -0.05) is 12.1 Å². The summed E-state index contributed by atoms with van der Waals surface area (Å²) in [6.45, 7) is 2.85. The van der Waals surface area contributed by atoms with Crippen LogP contribution in [0.5, 0.6) is 0 Å². The van der Waals surface area contributed by atoms with Gasteiger partial charge in [-0.3, -0.25) is 9.69 Å². The van der Waals surface area contributed by atoms with Gasteiger partial charge in [0.05, 0.1) is 18.1 Å². The van der Waals surface area contributed by atoms with Gasteiger partial charge in [-0.15, -0.1) is 0 Å². The van der Waals surface area contributed by atoms with Crippen molar-refractivity contribution in [2.75, 3.05) is 29.9 Å². The van der Waals surface area contributed by atoms with E-state index in [0.717, 1.165) is 5.56 Å². The van der Waals surface area contributed by atoms with Crippen LogP contribution in [0, 0.1) is 0 Å². The molecule has 7 heteroatoms. The second-order valence-electron chi connectivity index (χ2n) is 5.39. The molecule has 1 unspecified atom stereocenters. The zero-order valence-corrected chi connectivity index (χ0v) is 12.9. The number of carbonyl (C=O) groups excluding carboxylic acids is 1. The lowest BCUT2D eigenvalue weighted by Crippen LogP contribution is -2.49. The molecular formula is C14H21N3O3S. The van der Waals surface area contributed by atoms with E-state index in [1.807, 2.05) is 30.0 Å². The first-order valence-corrected chi connectivity index (χ1v) is 8.75. The number of carbonyl (C=O) groups is 1. The monoisotopic (exact) mass is 311 g/mol. The largest absolute Gasteiger partial charge is 0.326 e. The maximum Gasteiger partial charge on any atom is 0.238 e. The molecule has 1 amide bonds. The lowest BCUT2D eigenvalue weighted by molar-refractivity contribution is -0.117. The van der Waals surface area contributed by atoms with E-state index < -0.39 is 9.84 Å². The molecule has 0 bridgehead atoms. The Balaban J connectivity index is 1.92. The zero-order chi connectivity index (χ0) is 15.5.